The molecule has 2 heterocycles. The molecule has 7 nitrogen and oxygen atoms in total. The van der Waals surface area contributed by atoms with E-state index in [0.717, 1.165) is 38.9 Å². The third-order valence-corrected chi connectivity index (χ3v) is 5.05. The van der Waals surface area contributed by atoms with E-state index in [1.54, 1.807) is 11.0 Å². The van der Waals surface area contributed by atoms with E-state index in [0.29, 0.717) is 11.6 Å². The van der Waals surface area contributed by atoms with Crippen LogP contribution < -0.4 is 5.32 Å². The molecule has 1 aliphatic heterocycles. The van der Waals surface area contributed by atoms with Gasteiger partial charge in [0.05, 0.1) is 11.9 Å². The summed E-state index contributed by atoms with van der Waals surface area (Å²) in [4.78, 5) is 20.2. The molecule has 23 heavy (non-hydrogen) atoms. The first kappa shape index (κ1) is 17.7. The lowest BCUT2D eigenvalue weighted by Gasteiger charge is -2.20. The fraction of sp³-hybridized carbons (Fsp3) is 0.600. The Balaban J connectivity index is 1.90. The van der Waals surface area contributed by atoms with Gasteiger partial charge < -0.3 is 15.1 Å². The summed E-state index contributed by atoms with van der Waals surface area (Å²) in [6, 6.07) is 2.79. The third-order valence-electron chi connectivity index (χ3n) is 4.05. The molecule has 1 N–H and O–H groups in total. The lowest BCUT2D eigenvalue weighted by molar-refractivity contribution is 0.218. The second kappa shape index (κ2) is 7.27. The topological polar surface area (TPSA) is 82.6 Å². The highest BCUT2D eigenvalue weighted by Crippen LogP contribution is 2.18. The quantitative estimate of drug-likeness (QED) is 0.873. The maximum absolute atomic E-state index is 12.3. The Morgan fingerprint density at radius 3 is 2.78 bits per heavy atom. The van der Waals surface area contributed by atoms with Gasteiger partial charge >= 0.3 is 6.03 Å². The van der Waals surface area contributed by atoms with Gasteiger partial charge in [0.15, 0.2) is 14.9 Å². The summed E-state index contributed by atoms with van der Waals surface area (Å²) in [7, 11) is -1.24. The molecule has 2 amide bonds. The Bertz CT molecular complexity index is 645. The number of nitrogens with one attached hydrogen (secondary N) is 1. The molecule has 2 rings (SSSR count). The van der Waals surface area contributed by atoms with Crippen LogP contribution >= 0.6 is 0 Å². The second-order valence-electron chi connectivity index (χ2n) is 6.04. The maximum Gasteiger partial charge on any atom is 0.321 e. The number of nitrogens with zero attached hydrogens (tertiary/aromatic N) is 3. The van der Waals surface area contributed by atoms with Crippen molar-refractivity contribution >= 4 is 21.6 Å². The van der Waals surface area contributed by atoms with Crippen molar-refractivity contribution < 1.29 is 13.2 Å². The van der Waals surface area contributed by atoms with E-state index in [1.165, 1.54) is 12.3 Å². The summed E-state index contributed by atoms with van der Waals surface area (Å²) >= 11 is 0. The number of urea groups is 1. The molecule has 0 radical (unpaired) electrons. The average Bonchev–Trinajstić information content (AvgIpc) is 2.95. The van der Waals surface area contributed by atoms with Gasteiger partial charge in [-0.05, 0) is 38.1 Å². The monoisotopic (exact) mass is 340 g/mol. The second-order valence-corrected chi connectivity index (χ2v) is 8.01. The Labute approximate surface area is 137 Å². The Kier molecular flexibility index (Phi) is 5.59. The molecule has 0 bridgehead atoms. The number of hydrogen-bond acceptors (Lipinski definition) is 5. The van der Waals surface area contributed by atoms with Gasteiger partial charge in [-0.15, -0.1) is 0 Å². The van der Waals surface area contributed by atoms with Crippen molar-refractivity contribution in [2.24, 2.45) is 5.92 Å². The van der Waals surface area contributed by atoms with Crippen LogP contribution in [0.2, 0.25) is 0 Å². The van der Waals surface area contributed by atoms with Gasteiger partial charge in [-0.3, -0.25) is 0 Å². The molecule has 128 valence electrons. The molecule has 0 aliphatic carbocycles. The minimum absolute atomic E-state index is 0.000613. The van der Waals surface area contributed by atoms with E-state index < -0.39 is 9.84 Å². The number of carbonyl (C=O) groups excluding carboxylic acids is 1. The summed E-state index contributed by atoms with van der Waals surface area (Å²) in [6.07, 6.45) is 3.47. The minimum Gasteiger partial charge on any atom is -0.324 e. The van der Waals surface area contributed by atoms with E-state index >= 15 is 0 Å². The molecule has 1 atom stereocenters. The number of hydrogen-bond donors (Lipinski definition) is 1. The minimum atomic E-state index is -3.32. The molecule has 1 aromatic heterocycles. The number of carbonyl (C=O) groups is 1. The molecule has 1 aliphatic rings. The van der Waals surface area contributed by atoms with E-state index in [2.05, 4.69) is 29.2 Å². The zero-order valence-electron chi connectivity index (χ0n) is 13.8. The molecular formula is C15H24N4O3S. The van der Waals surface area contributed by atoms with Crippen molar-refractivity contribution in [2.45, 2.75) is 18.4 Å². The van der Waals surface area contributed by atoms with Crippen molar-refractivity contribution in [1.82, 2.24) is 14.8 Å². The summed E-state index contributed by atoms with van der Waals surface area (Å²) in [5.41, 5.74) is 0.497. The van der Waals surface area contributed by atoms with Crippen LogP contribution in [0.4, 0.5) is 10.5 Å². The summed E-state index contributed by atoms with van der Waals surface area (Å²) in [6.45, 7) is 5.59. The molecule has 1 fully saturated rings. The lowest BCUT2D eigenvalue weighted by atomic mass is 10.1. The van der Waals surface area contributed by atoms with E-state index in [4.69, 9.17) is 0 Å². The summed E-state index contributed by atoms with van der Waals surface area (Å²) in [5.74, 6) is 0.497. The maximum atomic E-state index is 12.3. The van der Waals surface area contributed by atoms with Gasteiger partial charge in [0.2, 0.25) is 0 Å². The number of aromatic nitrogens is 1. The first-order valence-corrected chi connectivity index (χ1v) is 9.59. The third kappa shape index (κ3) is 4.90. The van der Waals surface area contributed by atoms with Crippen LogP contribution in [-0.4, -0.2) is 68.7 Å². The van der Waals surface area contributed by atoms with Gasteiger partial charge in [0.25, 0.3) is 0 Å². The lowest BCUT2D eigenvalue weighted by Crippen LogP contribution is -2.34. The van der Waals surface area contributed by atoms with Crippen LogP contribution in [0.1, 0.15) is 13.3 Å². The van der Waals surface area contributed by atoms with Gasteiger partial charge in [-0.1, -0.05) is 6.92 Å². The number of likely N-dealkylation sites (tertiary alicyclic amines) is 1. The predicted molar refractivity (Wildman–Crippen MR) is 89.2 cm³/mol. The number of pyridine rings is 1. The van der Waals surface area contributed by atoms with Gasteiger partial charge in [0, 0.05) is 25.9 Å². The van der Waals surface area contributed by atoms with Crippen molar-refractivity contribution in [1.29, 1.82) is 0 Å². The molecule has 0 spiro atoms. The Morgan fingerprint density at radius 2 is 2.22 bits per heavy atom. The predicted octanol–water partition coefficient (Wildman–Crippen LogP) is 1.29. The summed E-state index contributed by atoms with van der Waals surface area (Å²) < 4.78 is 22.7. The highest BCUT2D eigenvalue weighted by molar-refractivity contribution is 7.90. The zero-order valence-corrected chi connectivity index (χ0v) is 14.6. The number of amides is 2. The highest BCUT2D eigenvalue weighted by Gasteiger charge is 2.26. The zero-order chi connectivity index (χ0) is 17.0. The number of anilines is 1. The molecule has 0 saturated carbocycles. The Hall–Kier alpha value is -1.67. The highest BCUT2D eigenvalue weighted by atomic mass is 32.2. The van der Waals surface area contributed by atoms with Crippen LogP contribution in [0, 0.1) is 5.92 Å². The summed E-state index contributed by atoms with van der Waals surface area (Å²) in [5, 5.41) is 2.77. The number of sulfone groups is 1. The molecular weight excluding hydrogens is 316 g/mol. The first-order valence-electron chi connectivity index (χ1n) is 7.70. The first-order chi connectivity index (χ1) is 10.8. The van der Waals surface area contributed by atoms with Crippen molar-refractivity contribution in [3.05, 3.63) is 18.3 Å². The number of rotatable bonds is 5. The van der Waals surface area contributed by atoms with Crippen LogP contribution in [0.15, 0.2) is 23.4 Å². The van der Waals surface area contributed by atoms with Crippen LogP contribution in [0.3, 0.4) is 0 Å². The van der Waals surface area contributed by atoms with Gasteiger partial charge in [-0.25, -0.2) is 18.2 Å². The molecule has 1 aromatic rings. The largest absolute Gasteiger partial charge is 0.324 e. The van der Waals surface area contributed by atoms with Crippen LogP contribution in [-0.2, 0) is 9.84 Å². The standard InChI is InChI=1S/C15H24N4O3S/c1-4-18(2)10-12-7-8-19(11-12)15(20)17-13-5-6-14(16-9-13)23(3,21)22/h5-6,9,12H,4,7-8,10-11H2,1-3H3,(H,17,20). The Morgan fingerprint density at radius 1 is 1.48 bits per heavy atom. The van der Waals surface area contributed by atoms with E-state index in [9.17, 15) is 13.2 Å². The normalized spacial score (nSPS) is 18.4. The molecule has 0 aromatic carbocycles. The molecule has 8 heteroatoms. The molecule has 1 saturated heterocycles. The molecule has 1 unspecified atom stereocenters. The van der Waals surface area contributed by atoms with E-state index in [-0.39, 0.29) is 11.1 Å². The smallest absolute Gasteiger partial charge is 0.321 e. The van der Waals surface area contributed by atoms with Gasteiger partial charge in [0.1, 0.15) is 0 Å². The fourth-order valence-corrected chi connectivity index (χ4v) is 3.17. The van der Waals surface area contributed by atoms with Crippen LogP contribution in [0.25, 0.3) is 0 Å². The van der Waals surface area contributed by atoms with Crippen molar-refractivity contribution in [3.8, 4) is 0 Å². The van der Waals surface area contributed by atoms with E-state index in [1.807, 2.05) is 0 Å². The fourth-order valence-electron chi connectivity index (χ4n) is 2.61. The van der Waals surface area contributed by atoms with Crippen LogP contribution in [0.5, 0.6) is 0 Å². The average molecular weight is 340 g/mol. The van der Waals surface area contributed by atoms with Crippen molar-refractivity contribution in [3.63, 3.8) is 0 Å². The van der Waals surface area contributed by atoms with Crippen molar-refractivity contribution in [2.75, 3.05) is 44.8 Å². The SMILES string of the molecule is CCN(C)CC1CCN(C(=O)Nc2ccc(S(C)(=O)=O)nc2)C1. The van der Waals surface area contributed by atoms with Gasteiger partial charge in [-0.2, -0.15) is 0 Å².